The van der Waals surface area contributed by atoms with Crippen LogP contribution in [-0.2, 0) is 5.41 Å². The number of rotatable bonds is 0. The Labute approximate surface area is 128 Å². The van der Waals surface area contributed by atoms with Crippen molar-refractivity contribution in [2.75, 3.05) is 5.32 Å². The number of aromatic nitrogens is 1. The Kier molecular flexibility index (Phi) is 3.22. The molecule has 2 heterocycles. The first-order valence-electron chi connectivity index (χ1n) is 6.61. The fourth-order valence-corrected chi connectivity index (χ4v) is 2.83. The predicted molar refractivity (Wildman–Crippen MR) is 77.0 cm³/mol. The summed E-state index contributed by atoms with van der Waals surface area (Å²) in [5, 5.41) is 2.64. The van der Waals surface area contributed by atoms with Gasteiger partial charge in [0.2, 0.25) is 0 Å². The van der Waals surface area contributed by atoms with E-state index in [2.05, 4.69) is 22.1 Å². The lowest BCUT2D eigenvalue weighted by Gasteiger charge is -2.38. The molecule has 118 valence electrons. The molecule has 1 atom stereocenters. The van der Waals surface area contributed by atoms with E-state index in [0.29, 0.717) is 0 Å². The van der Waals surface area contributed by atoms with Gasteiger partial charge in [-0.15, -0.1) is 5.92 Å². The van der Waals surface area contributed by atoms with Gasteiger partial charge in [-0.1, -0.05) is 5.92 Å². The molecule has 0 bridgehead atoms. The van der Waals surface area contributed by atoms with E-state index in [-0.39, 0.29) is 22.5 Å². The summed E-state index contributed by atoms with van der Waals surface area (Å²) in [5.74, 6) is 3.63. The summed E-state index contributed by atoms with van der Waals surface area (Å²) in [6.07, 6.45) is -3.73. The van der Waals surface area contributed by atoms with Crippen LogP contribution in [0.4, 0.5) is 28.9 Å². The molecule has 1 aromatic carbocycles. The Hall–Kier alpha value is -2.75. The van der Waals surface area contributed by atoms with Gasteiger partial charge in [0.25, 0.3) is 5.56 Å². The maximum Gasteiger partial charge on any atom is 0.413 e. The molecule has 1 unspecified atom stereocenters. The van der Waals surface area contributed by atoms with Crippen LogP contribution in [0, 0.1) is 17.7 Å². The maximum atomic E-state index is 14.0. The molecule has 0 radical (unpaired) electrons. The number of pyridine rings is 1. The zero-order valence-corrected chi connectivity index (χ0v) is 11.8. The molecule has 0 saturated heterocycles. The maximum absolute atomic E-state index is 14.0. The van der Waals surface area contributed by atoms with Crippen molar-refractivity contribution in [1.29, 1.82) is 0 Å². The van der Waals surface area contributed by atoms with Crippen LogP contribution in [0.5, 0.6) is 0 Å². The van der Waals surface area contributed by atoms with E-state index in [1.165, 1.54) is 6.92 Å². The van der Waals surface area contributed by atoms with Crippen LogP contribution in [0.2, 0.25) is 0 Å². The van der Waals surface area contributed by atoms with Crippen molar-refractivity contribution in [3.05, 3.63) is 57.8 Å². The summed E-state index contributed by atoms with van der Waals surface area (Å²) in [4.78, 5) is 14.3. The van der Waals surface area contributed by atoms with Gasteiger partial charge in [-0.2, -0.15) is 13.2 Å². The summed E-state index contributed by atoms with van der Waals surface area (Å²) >= 11 is 0. The van der Waals surface area contributed by atoms with Crippen LogP contribution in [0.1, 0.15) is 18.1 Å². The van der Waals surface area contributed by atoms with Gasteiger partial charge in [0.1, 0.15) is 11.5 Å². The van der Waals surface area contributed by atoms with Gasteiger partial charge >= 0.3 is 6.18 Å². The third-order valence-corrected chi connectivity index (χ3v) is 3.75. The fourth-order valence-electron chi connectivity index (χ4n) is 2.83. The third kappa shape index (κ3) is 2.02. The minimum Gasteiger partial charge on any atom is -0.350 e. The van der Waals surface area contributed by atoms with E-state index in [4.69, 9.17) is 0 Å². The Morgan fingerprint density at radius 3 is 2.57 bits per heavy atom. The lowest BCUT2D eigenvalue weighted by Crippen LogP contribution is -2.46. The minimum atomic E-state index is -4.84. The molecule has 2 aromatic rings. The van der Waals surface area contributed by atoms with Crippen molar-refractivity contribution >= 4 is 11.4 Å². The molecular formula is C16H10F4N2O. The minimum absolute atomic E-state index is 0.00400. The summed E-state index contributed by atoms with van der Waals surface area (Å²) < 4.78 is 55.7. The molecule has 1 aliphatic heterocycles. The lowest BCUT2D eigenvalue weighted by molar-refractivity contribution is -0.161. The third-order valence-electron chi connectivity index (χ3n) is 3.75. The standard InChI is InChI=1S/C16H10F4N2O/c1-2-6-15(16(18,19)20)10-5-7-21-14(23)13(10)22-12-4-3-9(17)8-11(12)15/h3-5,7-8,22H,1H3,(H,21,23). The van der Waals surface area contributed by atoms with Gasteiger partial charge in [0.05, 0.1) is 0 Å². The van der Waals surface area contributed by atoms with E-state index >= 15 is 0 Å². The molecule has 7 heteroatoms. The highest BCUT2D eigenvalue weighted by atomic mass is 19.4. The largest absolute Gasteiger partial charge is 0.413 e. The van der Waals surface area contributed by atoms with Gasteiger partial charge in [-0.25, -0.2) is 4.39 Å². The van der Waals surface area contributed by atoms with E-state index in [1.54, 1.807) is 0 Å². The van der Waals surface area contributed by atoms with Crippen molar-refractivity contribution in [2.45, 2.75) is 18.5 Å². The van der Waals surface area contributed by atoms with Crippen LogP contribution in [0.15, 0.2) is 35.3 Å². The second-order valence-corrected chi connectivity index (χ2v) is 5.03. The molecule has 0 aliphatic carbocycles. The number of H-pyrrole nitrogens is 1. The van der Waals surface area contributed by atoms with E-state index < -0.39 is 23.0 Å². The number of halogens is 4. The van der Waals surface area contributed by atoms with Crippen molar-refractivity contribution < 1.29 is 17.6 Å². The number of nitrogens with one attached hydrogen (secondary N) is 2. The average Bonchev–Trinajstić information content (AvgIpc) is 2.47. The van der Waals surface area contributed by atoms with Crippen LogP contribution in [-0.4, -0.2) is 11.2 Å². The number of benzene rings is 1. The Morgan fingerprint density at radius 2 is 1.91 bits per heavy atom. The second kappa shape index (κ2) is 4.88. The molecule has 1 aliphatic rings. The first kappa shape index (κ1) is 15.2. The first-order chi connectivity index (χ1) is 10.8. The SMILES string of the molecule is CC#CC1(C(F)(F)F)c2cc(F)ccc2Nc2c1cc[nH]c2=O. The van der Waals surface area contributed by atoms with Crippen molar-refractivity contribution in [1.82, 2.24) is 4.98 Å². The molecule has 3 rings (SSSR count). The van der Waals surface area contributed by atoms with Gasteiger partial charge in [0, 0.05) is 23.0 Å². The van der Waals surface area contributed by atoms with Gasteiger partial charge < -0.3 is 10.3 Å². The summed E-state index contributed by atoms with van der Waals surface area (Å²) in [5.41, 5.74) is -4.43. The fraction of sp³-hybridized carbons (Fsp3) is 0.188. The van der Waals surface area contributed by atoms with E-state index in [0.717, 1.165) is 30.5 Å². The average molecular weight is 322 g/mol. The zero-order valence-electron chi connectivity index (χ0n) is 11.8. The molecule has 0 saturated carbocycles. The molecule has 23 heavy (non-hydrogen) atoms. The highest BCUT2D eigenvalue weighted by molar-refractivity contribution is 5.78. The van der Waals surface area contributed by atoms with Crippen molar-refractivity contribution in [3.63, 3.8) is 0 Å². The number of fused-ring (bicyclic) bond motifs is 2. The summed E-state index contributed by atoms with van der Waals surface area (Å²) in [7, 11) is 0. The number of anilines is 2. The highest BCUT2D eigenvalue weighted by Crippen LogP contribution is 2.53. The van der Waals surface area contributed by atoms with Gasteiger partial charge in [-0.05, 0) is 31.2 Å². The zero-order chi connectivity index (χ0) is 16.8. The molecule has 0 amide bonds. The van der Waals surface area contributed by atoms with Crippen LogP contribution >= 0.6 is 0 Å². The van der Waals surface area contributed by atoms with Gasteiger partial charge in [0.15, 0.2) is 5.41 Å². The second-order valence-electron chi connectivity index (χ2n) is 5.03. The smallest absolute Gasteiger partial charge is 0.350 e. The molecule has 3 nitrogen and oxygen atoms in total. The normalized spacial score (nSPS) is 19.0. The molecule has 0 fully saturated rings. The molecule has 2 N–H and O–H groups in total. The Bertz CT molecular complexity index is 905. The molecule has 1 aromatic heterocycles. The number of hydrogen-bond acceptors (Lipinski definition) is 2. The van der Waals surface area contributed by atoms with Gasteiger partial charge in [-0.3, -0.25) is 4.79 Å². The monoisotopic (exact) mass is 322 g/mol. The number of alkyl halides is 3. The lowest BCUT2D eigenvalue weighted by atomic mass is 9.71. The molecular weight excluding hydrogens is 312 g/mol. The quantitative estimate of drug-likeness (QED) is 0.576. The van der Waals surface area contributed by atoms with Crippen molar-refractivity contribution in [2.24, 2.45) is 0 Å². The Balaban J connectivity index is 2.51. The van der Waals surface area contributed by atoms with Crippen LogP contribution < -0.4 is 10.9 Å². The van der Waals surface area contributed by atoms with Crippen LogP contribution in [0.3, 0.4) is 0 Å². The number of hydrogen-bond donors (Lipinski definition) is 2. The summed E-state index contributed by atoms with van der Waals surface area (Å²) in [6.45, 7) is 1.27. The Morgan fingerprint density at radius 1 is 1.17 bits per heavy atom. The highest BCUT2D eigenvalue weighted by Gasteiger charge is 2.60. The van der Waals surface area contributed by atoms with E-state index in [9.17, 15) is 22.4 Å². The van der Waals surface area contributed by atoms with Crippen LogP contribution in [0.25, 0.3) is 0 Å². The summed E-state index contributed by atoms with van der Waals surface area (Å²) in [6, 6.07) is 4.12. The van der Waals surface area contributed by atoms with Crippen molar-refractivity contribution in [3.8, 4) is 11.8 Å². The van der Waals surface area contributed by atoms with E-state index in [1.807, 2.05) is 0 Å². The topological polar surface area (TPSA) is 44.9 Å². The predicted octanol–water partition coefficient (Wildman–Crippen LogP) is 3.44. The molecule has 0 spiro atoms. The number of aromatic amines is 1. The first-order valence-corrected chi connectivity index (χ1v) is 6.61.